The molecule has 0 saturated carbocycles. The van der Waals surface area contributed by atoms with E-state index in [1.165, 1.54) is 0 Å². The second-order valence-corrected chi connectivity index (χ2v) is 7.19. The number of anilines is 1. The number of para-hydroxylation sites is 1. The molecule has 1 fully saturated rings. The molecule has 0 bridgehead atoms. The van der Waals surface area contributed by atoms with Crippen LogP contribution in [0.4, 0.5) is 5.69 Å². The van der Waals surface area contributed by atoms with E-state index in [1.54, 1.807) is 29.6 Å². The summed E-state index contributed by atoms with van der Waals surface area (Å²) < 4.78 is 27.0. The van der Waals surface area contributed by atoms with Gasteiger partial charge < -0.3 is 5.32 Å². The van der Waals surface area contributed by atoms with Gasteiger partial charge in [-0.15, -0.1) is 0 Å². The lowest BCUT2D eigenvalue weighted by Crippen LogP contribution is -2.50. The maximum Gasteiger partial charge on any atom is 0.245 e. The first-order valence-electron chi connectivity index (χ1n) is 6.98. The molecule has 0 radical (unpaired) electrons. The molecular weight excluding hydrogens is 274 g/mol. The van der Waals surface area contributed by atoms with E-state index < -0.39 is 10.0 Å². The second kappa shape index (κ2) is 6.11. The van der Waals surface area contributed by atoms with E-state index in [0.29, 0.717) is 29.7 Å². The molecule has 0 atom stereocenters. The molecule has 1 aromatic rings. The van der Waals surface area contributed by atoms with E-state index in [2.05, 4.69) is 24.1 Å². The van der Waals surface area contributed by atoms with E-state index in [-0.39, 0.29) is 0 Å². The minimum atomic E-state index is -3.41. The van der Waals surface area contributed by atoms with Crippen molar-refractivity contribution in [2.45, 2.75) is 24.8 Å². The van der Waals surface area contributed by atoms with Crippen molar-refractivity contribution in [3.05, 3.63) is 24.3 Å². The van der Waals surface area contributed by atoms with Crippen molar-refractivity contribution >= 4 is 15.7 Å². The molecule has 112 valence electrons. The van der Waals surface area contributed by atoms with Crippen LogP contribution in [0.2, 0.25) is 0 Å². The van der Waals surface area contributed by atoms with Gasteiger partial charge in [0.1, 0.15) is 4.90 Å². The topological polar surface area (TPSA) is 52.7 Å². The largest absolute Gasteiger partial charge is 0.387 e. The van der Waals surface area contributed by atoms with Crippen molar-refractivity contribution in [2.75, 3.05) is 38.5 Å². The Balaban J connectivity index is 2.20. The third kappa shape index (κ3) is 2.97. The van der Waals surface area contributed by atoms with Crippen molar-refractivity contribution < 1.29 is 8.42 Å². The molecule has 2 rings (SSSR count). The lowest BCUT2D eigenvalue weighted by Gasteiger charge is -2.36. The zero-order valence-electron chi connectivity index (χ0n) is 12.3. The van der Waals surface area contributed by atoms with E-state index in [1.807, 2.05) is 6.07 Å². The molecule has 20 heavy (non-hydrogen) atoms. The van der Waals surface area contributed by atoms with Crippen LogP contribution in [0.3, 0.4) is 0 Å². The summed E-state index contributed by atoms with van der Waals surface area (Å²) in [6, 6.07) is 7.51. The van der Waals surface area contributed by atoms with Crippen LogP contribution in [0.5, 0.6) is 0 Å². The van der Waals surface area contributed by atoms with Crippen LogP contribution >= 0.6 is 0 Å². The third-order valence-corrected chi connectivity index (χ3v) is 5.73. The molecule has 0 amide bonds. The summed E-state index contributed by atoms with van der Waals surface area (Å²) in [5, 5.41) is 2.95. The highest BCUT2D eigenvalue weighted by molar-refractivity contribution is 7.89. The molecule has 6 heteroatoms. The number of benzene rings is 1. The van der Waals surface area contributed by atoms with Crippen molar-refractivity contribution in [3.63, 3.8) is 0 Å². The second-order valence-electron chi connectivity index (χ2n) is 5.28. The van der Waals surface area contributed by atoms with Crippen LogP contribution in [0.1, 0.15) is 13.8 Å². The van der Waals surface area contributed by atoms with Crippen molar-refractivity contribution in [1.29, 1.82) is 0 Å². The highest BCUT2D eigenvalue weighted by Gasteiger charge is 2.30. The Hall–Kier alpha value is -1.11. The number of rotatable bonds is 4. The van der Waals surface area contributed by atoms with Crippen molar-refractivity contribution in [1.82, 2.24) is 9.21 Å². The van der Waals surface area contributed by atoms with Gasteiger partial charge in [0.05, 0.1) is 5.69 Å². The molecular formula is C14H23N3O2S. The van der Waals surface area contributed by atoms with Crippen LogP contribution in [0.15, 0.2) is 29.2 Å². The van der Waals surface area contributed by atoms with Gasteiger partial charge in [-0.2, -0.15) is 4.31 Å². The van der Waals surface area contributed by atoms with Crippen LogP contribution in [-0.2, 0) is 10.0 Å². The molecule has 1 aliphatic heterocycles. The number of hydrogen-bond acceptors (Lipinski definition) is 4. The Morgan fingerprint density at radius 1 is 1.10 bits per heavy atom. The van der Waals surface area contributed by atoms with Crippen molar-refractivity contribution in [2.24, 2.45) is 0 Å². The summed E-state index contributed by atoms with van der Waals surface area (Å²) in [6.45, 7) is 6.97. The maximum atomic E-state index is 12.7. The van der Waals surface area contributed by atoms with Gasteiger partial charge in [0.15, 0.2) is 0 Å². The van der Waals surface area contributed by atoms with E-state index in [9.17, 15) is 8.42 Å². The predicted octanol–water partition coefficient (Wildman–Crippen LogP) is 1.44. The van der Waals surface area contributed by atoms with Gasteiger partial charge in [0.2, 0.25) is 10.0 Å². The lowest BCUT2D eigenvalue weighted by molar-refractivity contribution is 0.154. The highest BCUT2D eigenvalue weighted by atomic mass is 32.2. The van der Waals surface area contributed by atoms with Gasteiger partial charge in [-0.05, 0) is 26.0 Å². The molecule has 0 aromatic heterocycles. The first-order chi connectivity index (χ1) is 9.46. The van der Waals surface area contributed by atoms with E-state index >= 15 is 0 Å². The number of sulfonamides is 1. The quantitative estimate of drug-likeness (QED) is 0.914. The molecule has 1 aromatic carbocycles. The summed E-state index contributed by atoms with van der Waals surface area (Å²) >= 11 is 0. The molecule has 0 spiro atoms. The molecule has 5 nitrogen and oxygen atoms in total. The fraction of sp³-hybridized carbons (Fsp3) is 0.571. The Bertz CT molecular complexity index is 549. The van der Waals surface area contributed by atoms with E-state index in [0.717, 1.165) is 13.1 Å². The van der Waals surface area contributed by atoms with Crippen LogP contribution in [0.25, 0.3) is 0 Å². The summed E-state index contributed by atoms with van der Waals surface area (Å²) in [7, 11) is -1.67. The number of nitrogens with one attached hydrogen (secondary N) is 1. The van der Waals surface area contributed by atoms with Gasteiger partial charge in [-0.1, -0.05) is 12.1 Å². The highest BCUT2D eigenvalue weighted by Crippen LogP contribution is 2.25. The zero-order valence-corrected chi connectivity index (χ0v) is 13.2. The van der Waals surface area contributed by atoms with E-state index in [4.69, 9.17) is 0 Å². The number of hydrogen-bond donors (Lipinski definition) is 1. The summed E-state index contributed by atoms with van der Waals surface area (Å²) in [5.41, 5.74) is 0.652. The molecule has 0 aliphatic carbocycles. The fourth-order valence-corrected chi connectivity index (χ4v) is 4.12. The number of nitrogens with zero attached hydrogens (tertiary/aromatic N) is 2. The zero-order chi connectivity index (χ0) is 14.8. The van der Waals surface area contributed by atoms with Gasteiger partial charge >= 0.3 is 0 Å². The molecule has 1 saturated heterocycles. The van der Waals surface area contributed by atoms with Gasteiger partial charge in [0.25, 0.3) is 0 Å². The SMILES string of the molecule is CNc1ccccc1S(=O)(=O)N1CCN(C(C)C)CC1. The van der Waals surface area contributed by atoms with Crippen LogP contribution < -0.4 is 5.32 Å². The van der Waals surface area contributed by atoms with Crippen LogP contribution in [-0.4, -0.2) is 56.9 Å². The Labute approximate surface area is 121 Å². The Kier molecular flexibility index (Phi) is 4.67. The van der Waals surface area contributed by atoms with Crippen molar-refractivity contribution in [3.8, 4) is 0 Å². The minimum absolute atomic E-state index is 0.362. The molecule has 1 aliphatic rings. The monoisotopic (exact) mass is 297 g/mol. The normalized spacial score (nSPS) is 18.4. The smallest absolute Gasteiger partial charge is 0.245 e. The number of piperazine rings is 1. The molecule has 1 N–H and O–H groups in total. The van der Waals surface area contributed by atoms with Crippen LogP contribution in [0, 0.1) is 0 Å². The first-order valence-corrected chi connectivity index (χ1v) is 8.42. The lowest BCUT2D eigenvalue weighted by atomic mass is 10.3. The average molecular weight is 297 g/mol. The summed E-state index contributed by atoms with van der Waals surface area (Å²) in [6.07, 6.45) is 0. The minimum Gasteiger partial charge on any atom is -0.387 e. The third-order valence-electron chi connectivity index (χ3n) is 3.78. The summed E-state index contributed by atoms with van der Waals surface area (Å²) in [5.74, 6) is 0. The Morgan fingerprint density at radius 2 is 1.70 bits per heavy atom. The Morgan fingerprint density at radius 3 is 2.25 bits per heavy atom. The van der Waals surface area contributed by atoms with Gasteiger partial charge in [-0.25, -0.2) is 8.42 Å². The standard InChI is InChI=1S/C14H23N3O2S/c1-12(2)16-8-10-17(11-9-16)20(18,19)14-7-5-4-6-13(14)15-3/h4-7,12,15H,8-11H2,1-3H3. The first kappa shape index (κ1) is 15.3. The average Bonchev–Trinajstić information content (AvgIpc) is 2.47. The van der Waals surface area contributed by atoms with Gasteiger partial charge in [-0.3, -0.25) is 4.90 Å². The predicted molar refractivity (Wildman–Crippen MR) is 81.5 cm³/mol. The molecule has 0 unspecified atom stereocenters. The molecule has 1 heterocycles. The maximum absolute atomic E-state index is 12.7. The van der Waals surface area contributed by atoms with Gasteiger partial charge in [0, 0.05) is 39.3 Å². The summed E-state index contributed by atoms with van der Waals surface area (Å²) in [4.78, 5) is 2.66. The fourth-order valence-electron chi connectivity index (χ4n) is 2.50.